The van der Waals surface area contributed by atoms with Crippen molar-refractivity contribution in [2.45, 2.75) is 19.6 Å². The van der Waals surface area contributed by atoms with Crippen molar-refractivity contribution >= 4 is 37.4 Å². The fourth-order valence-corrected chi connectivity index (χ4v) is 5.21. The van der Waals surface area contributed by atoms with E-state index in [1.54, 1.807) is 48.3 Å². The van der Waals surface area contributed by atoms with E-state index >= 15 is 0 Å². The van der Waals surface area contributed by atoms with Crippen LogP contribution in [0.25, 0.3) is 21.7 Å². The van der Waals surface area contributed by atoms with E-state index in [-0.39, 0.29) is 18.3 Å². The lowest BCUT2D eigenvalue weighted by molar-refractivity contribution is 0.311. The highest BCUT2D eigenvalue weighted by Gasteiger charge is 2.28. The summed E-state index contributed by atoms with van der Waals surface area (Å²) in [7, 11) is -0.617. The maximum absolute atomic E-state index is 13.6. The Kier molecular flexibility index (Phi) is 6.82. The second kappa shape index (κ2) is 10.1. The van der Waals surface area contributed by atoms with Crippen molar-refractivity contribution in [1.82, 2.24) is 9.55 Å². The fourth-order valence-electron chi connectivity index (χ4n) is 4.68. The molecule has 2 aromatic heterocycles. The number of hydrogen-bond donors (Lipinski definition) is 1. The van der Waals surface area contributed by atoms with Gasteiger partial charge in [0.1, 0.15) is 23.7 Å². The van der Waals surface area contributed by atoms with Crippen LogP contribution in [0.2, 0.25) is 0 Å². The third-order valence-corrected chi connectivity index (χ3v) is 8.07. The number of ether oxygens (including phenoxy) is 2. The molecule has 0 aliphatic carbocycles. The van der Waals surface area contributed by atoms with Crippen LogP contribution < -0.4 is 13.8 Å². The Hall–Kier alpha value is -4.31. The number of anilines is 1. The van der Waals surface area contributed by atoms with E-state index in [1.165, 1.54) is 23.5 Å². The molecule has 1 N–H and O–H groups in total. The molecule has 3 aromatic carbocycles. The van der Waals surface area contributed by atoms with Crippen molar-refractivity contribution in [3.8, 4) is 17.4 Å². The lowest BCUT2D eigenvalue weighted by Crippen LogP contribution is -2.25. The molecule has 0 spiro atoms. The molecule has 0 fully saturated rings. The number of sulfonamides is 1. The van der Waals surface area contributed by atoms with Crippen molar-refractivity contribution < 1.29 is 27.4 Å². The Morgan fingerprint density at radius 2 is 1.77 bits per heavy atom. The van der Waals surface area contributed by atoms with Crippen LogP contribution in [0.3, 0.4) is 0 Å². The van der Waals surface area contributed by atoms with Gasteiger partial charge in [0.25, 0.3) is 0 Å². The van der Waals surface area contributed by atoms with Crippen molar-refractivity contribution in [1.29, 1.82) is 0 Å². The van der Waals surface area contributed by atoms with Gasteiger partial charge in [-0.1, -0.05) is 24.3 Å². The van der Waals surface area contributed by atoms with Gasteiger partial charge < -0.3 is 19.1 Å². The Morgan fingerprint density at radius 1 is 1.08 bits per heavy atom. The number of benzene rings is 3. The average Bonchev–Trinajstić information content (AvgIpc) is 3.27. The summed E-state index contributed by atoms with van der Waals surface area (Å²) in [6.07, 6.45) is 4.41. The normalized spacial score (nSPS) is 12.5. The summed E-state index contributed by atoms with van der Waals surface area (Å²) in [4.78, 5) is 4.53. The molecule has 5 rings (SSSR count). The van der Waals surface area contributed by atoms with Crippen molar-refractivity contribution in [3.05, 3.63) is 90.0 Å². The molecular weight excluding hydrogens is 521 g/mol. The number of halogens is 1. The summed E-state index contributed by atoms with van der Waals surface area (Å²) >= 11 is 0. The molecule has 5 aromatic rings. The molecule has 10 heteroatoms. The summed E-state index contributed by atoms with van der Waals surface area (Å²) < 4.78 is 53.3. The third kappa shape index (κ3) is 4.83. The summed E-state index contributed by atoms with van der Waals surface area (Å²) in [5.41, 5.74) is 2.40. The minimum atomic E-state index is -3.67. The summed E-state index contributed by atoms with van der Waals surface area (Å²) in [6, 6.07) is 16.5. The van der Waals surface area contributed by atoms with Crippen LogP contribution in [0.5, 0.6) is 17.4 Å². The lowest BCUT2D eigenvalue weighted by atomic mass is 10.1. The smallest absolute Gasteiger partial charge is 0.232 e. The van der Waals surface area contributed by atoms with Crippen LogP contribution >= 0.6 is 0 Å². The predicted octanol–water partition coefficient (Wildman–Crippen LogP) is 5.63. The Labute approximate surface area is 225 Å². The molecule has 0 aliphatic heterocycles. The van der Waals surface area contributed by atoms with Gasteiger partial charge in [-0.05, 0) is 54.4 Å². The van der Waals surface area contributed by atoms with Crippen LogP contribution in [0.1, 0.15) is 24.1 Å². The first-order valence-electron chi connectivity index (χ1n) is 12.2. The Bertz CT molecular complexity index is 1770. The highest BCUT2D eigenvalue weighted by molar-refractivity contribution is 7.92. The van der Waals surface area contributed by atoms with E-state index in [9.17, 15) is 17.9 Å². The number of nitrogens with zero attached hydrogens (tertiary/aromatic N) is 3. The van der Waals surface area contributed by atoms with Gasteiger partial charge in [-0.25, -0.2) is 12.8 Å². The number of pyridine rings is 1. The molecule has 8 nitrogen and oxygen atoms in total. The maximum atomic E-state index is 13.6. The fraction of sp³-hybridized carbons (Fsp3) is 0.207. The van der Waals surface area contributed by atoms with Crippen LogP contribution in [-0.2, 0) is 16.6 Å². The molecule has 0 radical (unpaired) electrons. The van der Waals surface area contributed by atoms with Gasteiger partial charge in [-0.3, -0.25) is 9.29 Å². The minimum absolute atomic E-state index is 0.123. The van der Waals surface area contributed by atoms with Gasteiger partial charge in [0, 0.05) is 30.2 Å². The molecule has 1 atom stereocenters. The van der Waals surface area contributed by atoms with E-state index < -0.39 is 16.1 Å². The second-order valence-electron chi connectivity index (χ2n) is 9.32. The summed E-state index contributed by atoms with van der Waals surface area (Å²) in [6.45, 7) is 2.03. The predicted molar refractivity (Wildman–Crippen MR) is 150 cm³/mol. The molecule has 39 heavy (non-hydrogen) atoms. The second-order valence-corrected chi connectivity index (χ2v) is 11.3. The Morgan fingerprint density at radius 3 is 2.41 bits per heavy atom. The number of aromatic nitrogens is 2. The molecule has 1 unspecified atom stereocenters. The molecular formula is C29H28FN3O5S. The minimum Gasteiger partial charge on any atom is -0.497 e. The summed E-state index contributed by atoms with van der Waals surface area (Å²) in [5, 5.41) is 12.9. The van der Waals surface area contributed by atoms with Crippen molar-refractivity contribution in [3.63, 3.8) is 0 Å². The van der Waals surface area contributed by atoms with Crippen LogP contribution in [0, 0.1) is 5.82 Å². The van der Waals surface area contributed by atoms with E-state index in [2.05, 4.69) is 4.98 Å². The highest BCUT2D eigenvalue weighted by atomic mass is 32.2. The van der Waals surface area contributed by atoms with E-state index in [4.69, 9.17) is 9.47 Å². The molecule has 0 saturated carbocycles. The zero-order chi connectivity index (χ0) is 27.9. The van der Waals surface area contributed by atoms with Gasteiger partial charge in [-0.2, -0.15) is 0 Å². The molecule has 0 bridgehead atoms. The molecule has 0 aliphatic rings. The Balaban J connectivity index is 1.75. The summed E-state index contributed by atoms with van der Waals surface area (Å²) in [5.74, 6) is 0.550. The van der Waals surface area contributed by atoms with Crippen LogP contribution in [-0.4, -0.2) is 43.5 Å². The standard InChI is InChI=1S/C29H28FN3O5S/c1-18(20-9-11-21(30)12-10-20)33-16-24-25(29(33)34)28(38-17-19-7-13-22(37-3)14-8-19)26-23(6-5-15-31-26)27(24)32(2)39(4,35)36/h5-16,18,34H,17H2,1-4H3. The van der Waals surface area contributed by atoms with Gasteiger partial charge >= 0.3 is 0 Å². The third-order valence-electron chi connectivity index (χ3n) is 6.89. The lowest BCUT2D eigenvalue weighted by Gasteiger charge is -2.21. The number of hydrogen-bond acceptors (Lipinski definition) is 6. The molecule has 202 valence electrons. The SMILES string of the molecule is COc1ccc(COc2c3ncccc3c(N(C)S(C)(=O)=O)c3cn(C(C)c4ccc(F)cc4)c(O)c23)cc1. The van der Waals surface area contributed by atoms with E-state index in [1.807, 2.05) is 31.2 Å². The number of methoxy groups -OCH3 is 1. The monoisotopic (exact) mass is 549 g/mol. The van der Waals surface area contributed by atoms with Crippen molar-refractivity contribution in [2.75, 3.05) is 24.7 Å². The number of aromatic hydroxyl groups is 1. The van der Waals surface area contributed by atoms with Crippen LogP contribution in [0.4, 0.5) is 10.1 Å². The van der Waals surface area contributed by atoms with Gasteiger partial charge in [0.2, 0.25) is 15.9 Å². The van der Waals surface area contributed by atoms with E-state index in [0.717, 1.165) is 17.4 Å². The van der Waals surface area contributed by atoms with Gasteiger partial charge in [0.15, 0.2) is 5.75 Å². The van der Waals surface area contributed by atoms with E-state index in [0.29, 0.717) is 38.9 Å². The van der Waals surface area contributed by atoms with Crippen LogP contribution in [0.15, 0.2) is 73.1 Å². The first kappa shape index (κ1) is 26.3. The zero-order valence-electron chi connectivity index (χ0n) is 21.9. The largest absolute Gasteiger partial charge is 0.497 e. The average molecular weight is 550 g/mol. The van der Waals surface area contributed by atoms with Gasteiger partial charge in [-0.15, -0.1) is 0 Å². The highest BCUT2D eigenvalue weighted by Crippen LogP contribution is 2.48. The molecule has 0 amide bonds. The van der Waals surface area contributed by atoms with Gasteiger partial charge in [0.05, 0.1) is 30.5 Å². The molecule has 0 saturated heterocycles. The number of rotatable bonds is 8. The first-order valence-corrected chi connectivity index (χ1v) is 14.0. The maximum Gasteiger partial charge on any atom is 0.232 e. The topological polar surface area (TPSA) is 93.9 Å². The quantitative estimate of drug-likeness (QED) is 0.270. The number of fused-ring (bicyclic) bond motifs is 2. The van der Waals surface area contributed by atoms with Crippen molar-refractivity contribution in [2.24, 2.45) is 0 Å². The molecule has 2 heterocycles. The first-order chi connectivity index (χ1) is 18.6. The zero-order valence-corrected chi connectivity index (χ0v) is 22.7.